The number of likely N-dealkylation sites (tertiary alicyclic amines) is 1. The van der Waals surface area contributed by atoms with Crippen molar-refractivity contribution in [1.82, 2.24) is 10.2 Å². The van der Waals surface area contributed by atoms with Gasteiger partial charge in [0.25, 0.3) is 0 Å². The fourth-order valence-electron chi connectivity index (χ4n) is 3.15. The van der Waals surface area contributed by atoms with Crippen LogP contribution in [-0.2, 0) is 27.4 Å². The molecular formula is C20H34IN3O3. The van der Waals surface area contributed by atoms with E-state index in [4.69, 9.17) is 19.2 Å². The van der Waals surface area contributed by atoms with Gasteiger partial charge in [-0.15, -0.1) is 24.0 Å². The van der Waals surface area contributed by atoms with Gasteiger partial charge in [-0.2, -0.15) is 0 Å². The second-order valence-corrected chi connectivity index (χ2v) is 6.54. The van der Waals surface area contributed by atoms with Crippen molar-refractivity contribution >= 4 is 29.9 Å². The molecule has 2 rings (SSSR count). The predicted octanol–water partition coefficient (Wildman–Crippen LogP) is 2.90. The lowest BCUT2D eigenvalue weighted by atomic mass is 10.1. The molecule has 1 atom stereocenters. The molecule has 0 amide bonds. The third kappa shape index (κ3) is 8.33. The van der Waals surface area contributed by atoms with Gasteiger partial charge < -0.3 is 24.4 Å². The van der Waals surface area contributed by atoms with Crippen LogP contribution >= 0.6 is 24.0 Å². The maximum Gasteiger partial charge on any atom is 0.194 e. The number of aliphatic imine (C=N–C) groups is 1. The van der Waals surface area contributed by atoms with Gasteiger partial charge in [0.1, 0.15) is 0 Å². The van der Waals surface area contributed by atoms with Crippen LogP contribution in [0, 0.1) is 5.92 Å². The van der Waals surface area contributed by atoms with E-state index < -0.39 is 0 Å². The summed E-state index contributed by atoms with van der Waals surface area (Å²) < 4.78 is 16.0. The highest BCUT2D eigenvalue weighted by Crippen LogP contribution is 2.17. The van der Waals surface area contributed by atoms with Gasteiger partial charge in [-0.3, -0.25) is 0 Å². The highest BCUT2D eigenvalue weighted by molar-refractivity contribution is 14.0. The molecule has 1 aromatic rings. The Balaban J connectivity index is 0.00000364. The van der Waals surface area contributed by atoms with Crippen molar-refractivity contribution in [1.29, 1.82) is 0 Å². The average molecular weight is 491 g/mol. The molecule has 1 heterocycles. The number of nitrogens with one attached hydrogen (secondary N) is 1. The molecule has 1 aliphatic rings. The zero-order chi connectivity index (χ0) is 18.6. The maximum absolute atomic E-state index is 5.69. The highest BCUT2D eigenvalue weighted by Gasteiger charge is 2.25. The van der Waals surface area contributed by atoms with Gasteiger partial charge in [0.2, 0.25) is 0 Å². The molecule has 1 aromatic carbocycles. The minimum atomic E-state index is 0. The molecule has 0 saturated carbocycles. The van der Waals surface area contributed by atoms with Crippen molar-refractivity contribution in [2.45, 2.75) is 26.5 Å². The molecule has 1 unspecified atom stereocenters. The first-order chi connectivity index (χ1) is 12.8. The molecule has 0 spiro atoms. The van der Waals surface area contributed by atoms with Crippen molar-refractivity contribution in [3.05, 3.63) is 35.4 Å². The maximum atomic E-state index is 5.69. The van der Waals surface area contributed by atoms with E-state index in [2.05, 4.69) is 35.3 Å². The lowest BCUT2D eigenvalue weighted by Gasteiger charge is -2.22. The lowest BCUT2D eigenvalue weighted by molar-refractivity contribution is 0.0536. The minimum absolute atomic E-state index is 0. The number of hydrogen-bond acceptors (Lipinski definition) is 4. The van der Waals surface area contributed by atoms with Crippen LogP contribution in [0.4, 0.5) is 0 Å². The van der Waals surface area contributed by atoms with E-state index >= 15 is 0 Å². The molecule has 1 fully saturated rings. The molecule has 154 valence electrons. The number of rotatable bonds is 10. The van der Waals surface area contributed by atoms with E-state index in [1.165, 1.54) is 11.1 Å². The normalized spacial score (nSPS) is 17.1. The molecule has 0 radical (unpaired) electrons. The van der Waals surface area contributed by atoms with Crippen LogP contribution < -0.4 is 5.32 Å². The lowest BCUT2D eigenvalue weighted by Crippen LogP contribution is -2.40. The van der Waals surface area contributed by atoms with Crippen molar-refractivity contribution in [2.24, 2.45) is 10.9 Å². The SMILES string of the molecule is CCNC(=NCc1ccccc1COC)N1CCC(COCCOC)C1.I. The molecule has 1 N–H and O–H groups in total. The number of nitrogens with zero attached hydrogens (tertiary/aromatic N) is 2. The highest BCUT2D eigenvalue weighted by atomic mass is 127. The van der Waals surface area contributed by atoms with Gasteiger partial charge >= 0.3 is 0 Å². The number of hydrogen-bond donors (Lipinski definition) is 1. The molecule has 7 heteroatoms. The van der Waals surface area contributed by atoms with E-state index in [9.17, 15) is 0 Å². The van der Waals surface area contributed by atoms with E-state index in [1.54, 1.807) is 14.2 Å². The summed E-state index contributed by atoms with van der Waals surface area (Å²) >= 11 is 0. The predicted molar refractivity (Wildman–Crippen MR) is 120 cm³/mol. The quantitative estimate of drug-likeness (QED) is 0.236. The summed E-state index contributed by atoms with van der Waals surface area (Å²) in [6.07, 6.45) is 1.14. The summed E-state index contributed by atoms with van der Waals surface area (Å²) in [4.78, 5) is 7.21. The Morgan fingerprint density at radius 2 is 1.96 bits per heavy atom. The molecule has 6 nitrogen and oxygen atoms in total. The van der Waals surface area contributed by atoms with Gasteiger partial charge in [0.05, 0.1) is 33.0 Å². The van der Waals surface area contributed by atoms with Crippen LogP contribution in [0.3, 0.4) is 0 Å². The van der Waals surface area contributed by atoms with Gasteiger partial charge in [-0.1, -0.05) is 24.3 Å². The fourth-order valence-corrected chi connectivity index (χ4v) is 3.15. The Morgan fingerprint density at radius 3 is 2.67 bits per heavy atom. The standard InChI is InChI=1S/C20H33N3O3.HI/c1-4-21-20(22-13-18-7-5-6-8-19(18)16-25-3)23-10-9-17(14-23)15-26-12-11-24-2;/h5-8,17H,4,9-16H2,1-3H3,(H,21,22);1H. The van der Waals surface area contributed by atoms with Crippen molar-refractivity contribution in [3.63, 3.8) is 0 Å². The van der Waals surface area contributed by atoms with Gasteiger partial charge in [0, 0.05) is 39.8 Å². The first kappa shape index (κ1) is 24.1. The molecule has 1 saturated heterocycles. The van der Waals surface area contributed by atoms with Gasteiger partial charge in [-0.25, -0.2) is 4.99 Å². The molecule has 0 aromatic heterocycles. The number of benzene rings is 1. The van der Waals surface area contributed by atoms with Gasteiger partial charge in [0.15, 0.2) is 5.96 Å². The molecular weight excluding hydrogens is 457 g/mol. The van der Waals surface area contributed by atoms with Crippen LogP contribution in [0.2, 0.25) is 0 Å². The van der Waals surface area contributed by atoms with Crippen LogP contribution in [-0.4, -0.2) is 64.5 Å². The summed E-state index contributed by atoms with van der Waals surface area (Å²) in [7, 11) is 3.42. The molecule has 0 bridgehead atoms. The third-order valence-corrected chi connectivity index (χ3v) is 4.52. The van der Waals surface area contributed by atoms with Crippen LogP contribution in [0.15, 0.2) is 29.3 Å². The van der Waals surface area contributed by atoms with E-state index in [0.717, 1.165) is 38.6 Å². The first-order valence-electron chi connectivity index (χ1n) is 9.44. The van der Waals surface area contributed by atoms with Crippen LogP contribution in [0.5, 0.6) is 0 Å². The van der Waals surface area contributed by atoms with Crippen LogP contribution in [0.1, 0.15) is 24.5 Å². The van der Waals surface area contributed by atoms with E-state index in [0.29, 0.717) is 32.3 Å². The summed E-state index contributed by atoms with van der Waals surface area (Å²) in [6.45, 7) is 8.36. The van der Waals surface area contributed by atoms with Gasteiger partial charge in [-0.05, 0) is 24.5 Å². The summed E-state index contributed by atoms with van der Waals surface area (Å²) in [6, 6.07) is 8.32. The summed E-state index contributed by atoms with van der Waals surface area (Å²) in [5.74, 6) is 1.54. The minimum Gasteiger partial charge on any atom is -0.382 e. The Bertz CT molecular complexity index is 557. The zero-order valence-electron chi connectivity index (χ0n) is 16.8. The fraction of sp³-hybridized carbons (Fsp3) is 0.650. The summed E-state index contributed by atoms with van der Waals surface area (Å²) in [5.41, 5.74) is 2.41. The Morgan fingerprint density at radius 1 is 1.19 bits per heavy atom. The Labute approximate surface area is 180 Å². The number of methoxy groups -OCH3 is 2. The van der Waals surface area contributed by atoms with Crippen molar-refractivity contribution in [2.75, 3.05) is 53.7 Å². The van der Waals surface area contributed by atoms with Crippen molar-refractivity contribution in [3.8, 4) is 0 Å². The number of guanidine groups is 1. The van der Waals surface area contributed by atoms with E-state index in [-0.39, 0.29) is 24.0 Å². The number of halogens is 1. The summed E-state index contributed by atoms with van der Waals surface area (Å²) in [5, 5.41) is 3.43. The molecule has 1 aliphatic heterocycles. The monoisotopic (exact) mass is 491 g/mol. The zero-order valence-corrected chi connectivity index (χ0v) is 19.1. The third-order valence-electron chi connectivity index (χ3n) is 4.52. The second-order valence-electron chi connectivity index (χ2n) is 6.54. The van der Waals surface area contributed by atoms with E-state index in [1.807, 2.05) is 6.07 Å². The Kier molecular flexibility index (Phi) is 12.6. The van der Waals surface area contributed by atoms with Crippen molar-refractivity contribution < 1.29 is 14.2 Å². The largest absolute Gasteiger partial charge is 0.382 e. The first-order valence-corrected chi connectivity index (χ1v) is 9.44. The smallest absolute Gasteiger partial charge is 0.194 e. The number of ether oxygens (including phenoxy) is 3. The molecule has 0 aliphatic carbocycles. The molecule has 27 heavy (non-hydrogen) atoms. The Hall–Kier alpha value is -0.900. The second kappa shape index (κ2) is 14.1. The topological polar surface area (TPSA) is 55.3 Å². The average Bonchev–Trinajstić information content (AvgIpc) is 3.12. The van der Waals surface area contributed by atoms with Crippen LogP contribution in [0.25, 0.3) is 0 Å².